The van der Waals surface area contributed by atoms with E-state index in [9.17, 15) is 4.79 Å². The van der Waals surface area contributed by atoms with Crippen molar-refractivity contribution < 1.29 is 9.53 Å². The van der Waals surface area contributed by atoms with Crippen molar-refractivity contribution in [2.75, 3.05) is 18.5 Å². The van der Waals surface area contributed by atoms with E-state index in [0.717, 1.165) is 34.0 Å². The first-order valence-corrected chi connectivity index (χ1v) is 17.4. The summed E-state index contributed by atoms with van der Waals surface area (Å²) < 4.78 is 9.66. The summed E-state index contributed by atoms with van der Waals surface area (Å²) in [5, 5.41) is 16.6. The molecule has 1 saturated carbocycles. The van der Waals surface area contributed by atoms with E-state index in [1.54, 1.807) is 10.9 Å². The minimum Gasteiger partial charge on any atom is -0.360 e. The fraction of sp³-hybridized carbons (Fsp3) is 0.323. The number of carbonyl (C=O) groups is 1. The van der Waals surface area contributed by atoms with Gasteiger partial charge in [-0.05, 0) is 61.4 Å². The van der Waals surface area contributed by atoms with Gasteiger partial charge in [0.15, 0.2) is 0 Å². The first-order chi connectivity index (χ1) is 19.4. The number of nitrogens with zero attached hydrogens (tertiary/aromatic N) is 4. The Hall–Kier alpha value is -4.13. The van der Waals surface area contributed by atoms with E-state index in [-0.39, 0.29) is 5.91 Å². The van der Waals surface area contributed by atoms with Crippen molar-refractivity contribution in [3.05, 3.63) is 78.2 Å². The Bertz CT molecular complexity index is 1550. The van der Waals surface area contributed by atoms with Crippen molar-refractivity contribution in [2.24, 2.45) is 11.0 Å². The van der Waals surface area contributed by atoms with Crippen molar-refractivity contribution >= 4 is 42.5 Å². The number of para-hydroxylation sites is 1. The Kier molecular flexibility index (Phi) is 8.48. The second kappa shape index (κ2) is 12.4. The van der Waals surface area contributed by atoms with Gasteiger partial charge in [-0.3, -0.25) is 4.79 Å². The summed E-state index contributed by atoms with van der Waals surface area (Å²) in [6.45, 7) is 8.42. The maximum Gasteiger partial charge on any atom is 0.254 e. The number of hydrogen-bond acceptors (Lipinski definition) is 5. The van der Waals surface area contributed by atoms with Gasteiger partial charge in [0.1, 0.15) is 12.4 Å². The van der Waals surface area contributed by atoms with E-state index in [1.165, 1.54) is 12.8 Å². The van der Waals surface area contributed by atoms with Gasteiger partial charge in [-0.1, -0.05) is 43.6 Å². The molecule has 0 spiro atoms. The number of carbonyl (C=O) groups excluding carboxylic acids is 1. The topological polar surface area (TPSA) is 85.5 Å². The Balaban J connectivity index is 1.37. The number of fused-ring (bicyclic) bond motifs is 1. The summed E-state index contributed by atoms with van der Waals surface area (Å²) in [5.74, 6) is 6.60. The lowest BCUT2D eigenvalue weighted by molar-refractivity contribution is 0.0816. The van der Waals surface area contributed by atoms with Gasteiger partial charge in [0, 0.05) is 44.1 Å². The molecule has 0 radical (unpaired) electrons. The maximum absolute atomic E-state index is 12.9. The largest absolute Gasteiger partial charge is 0.360 e. The highest BCUT2D eigenvalue weighted by Crippen LogP contribution is 2.28. The van der Waals surface area contributed by atoms with Crippen LogP contribution in [0.1, 0.15) is 28.9 Å². The monoisotopic (exact) mass is 552 g/mol. The SMILES string of the molecule is C[Si](C)(C)CCOCn1nc(C=Nn2cccc2)c2ccc(Nc3ccccc3C(=O)NCC#CC3CC3)cc21. The minimum absolute atomic E-state index is 0.154. The molecule has 0 saturated heterocycles. The minimum atomic E-state index is -1.20. The normalized spacial score (nSPS) is 13.4. The standard InChI is InChI=1S/C31H36N6O2Si/c1-40(2,3)20-19-39-23-37-30-21-25(14-15-26(30)29(35-37)22-33-36-17-6-7-18-36)34-28-11-5-4-10-27(28)31(38)32-16-8-9-24-12-13-24/h4-7,10-11,14-15,17-18,21-22,24,34H,12-13,16,19-20,23H2,1-3H3,(H,32,38). The number of aromatic nitrogens is 3. The Morgan fingerprint density at radius 2 is 1.95 bits per heavy atom. The Morgan fingerprint density at radius 1 is 1.15 bits per heavy atom. The fourth-order valence-electron chi connectivity index (χ4n) is 4.11. The van der Waals surface area contributed by atoms with Crippen molar-refractivity contribution in [3.8, 4) is 11.8 Å². The van der Waals surface area contributed by atoms with Gasteiger partial charge in [0.2, 0.25) is 0 Å². The van der Waals surface area contributed by atoms with Crippen LogP contribution in [0.2, 0.25) is 25.7 Å². The van der Waals surface area contributed by atoms with E-state index in [1.807, 2.05) is 71.7 Å². The lowest BCUT2D eigenvalue weighted by atomic mass is 10.1. The average Bonchev–Trinajstić information content (AvgIpc) is 3.48. The van der Waals surface area contributed by atoms with Crippen LogP contribution < -0.4 is 10.6 Å². The van der Waals surface area contributed by atoms with Crippen LogP contribution in [-0.2, 0) is 11.5 Å². The number of benzene rings is 2. The summed E-state index contributed by atoms with van der Waals surface area (Å²) in [6.07, 6.45) is 7.86. The van der Waals surface area contributed by atoms with Crippen molar-refractivity contribution in [2.45, 2.75) is 45.3 Å². The predicted octanol–water partition coefficient (Wildman–Crippen LogP) is 5.92. The molecule has 5 rings (SSSR count). The van der Waals surface area contributed by atoms with Crippen LogP contribution in [-0.4, -0.2) is 47.8 Å². The predicted molar refractivity (Wildman–Crippen MR) is 164 cm³/mol. The molecule has 2 aromatic heterocycles. The average molecular weight is 553 g/mol. The molecule has 206 valence electrons. The van der Waals surface area contributed by atoms with Crippen LogP contribution in [0.25, 0.3) is 10.9 Å². The summed E-state index contributed by atoms with van der Waals surface area (Å²) in [4.78, 5) is 12.9. The second-order valence-electron chi connectivity index (χ2n) is 11.2. The third-order valence-electron chi connectivity index (χ3n) is 6.56. The summed E-state index contributed by atoms with van der Waals surface area (Å²) >= 11 is 0. The molecule has 1 fully saturated rings. The first kappa shape index (κ1) is 27.4. The van der Waals surface area contributed by atoms with Crippen molar-refractivity contribution in [1.29, 1.82) is 0 Å². The molecule has 2 N–H and O–H groups in total. The van der Waals surface area contributed by atoms with Gasteiger partial charge in [0.05, 0.1) is 29.5 Å². The van der Waals surface area contributed by atoms with E-state index in [2.05, 4.69) is 47.2 Å². The number of amides is 1. The summed E-state index contributed by atoms with van der Waals surface area (Å²) in [5.41, 5.74) is 3.82. The molecule has 1 aliphatic rings. The highest BCUT2D eigenvalue weighted by Gasteiger charge is 2.18. The number of ether oxygens (including phenoxy) is 1. The van der Waals surface area contributed by atoms with Crippen molar-refractivity contribution in [3.63, 3.8) is 0 Å². The molecule has 1 amide bonds. The third kappa shape index (κ3) is 7.49. The molecule has 0 aliphatic heterocycles. The highest BCUT2D eigenvalue weighted by molar-refractivity contribution is 6.76. The summed E-state index contributed by atoms with van der Waals surface area (Å²) in [7, 11) is -1.20. The van der Waals surface area contributed by atoms with E-state index in [0.29, 0.717) is 31.4 Å². The second-order valence-corrected chi connectivity index (χ2v) is 16.8. The molecule has 2 heterocycles. The molecular weight excluding hydrogens is 516 g/mol. The number of nitrogens with one attached hydrogen (secondary N) is 2. The van der Waals surface area contributed by atoms with Crippen LogP contribution in [0.4, 0.5) is 11.4 Å². The van der Waals surface area contributed by atoms with Gasteiger partial charge in [-0.15, -0.1) is 0 Å². The first-order valence-electron chi connectivity index (χ1n) is 13.7. The van der Waals surface area contributed by atoms with Crippen LogP contribution in [0, 0.1) is 17.8 Å². The molecule has 2 aromatic carbocycles. The van der Waals surface area contributed by atoms with E-state index < -0.39 is 8.07 Å². The lowest BCUT2D eigenvalue weighted by Crippen LogP contribution is -2.24. The number of anilines is 2. The van der Waals surface area contributed by atoms with Gasteiger partial charge in [-0.25, -0.2) is 9.36 Å². The number of hydrogen-bond donors (Lipinski definition) is 2. The smallest absolute Gasteiger partial charge is 0.254 e. The van der Waals surface area contributed by atoms with Crippen molar-refractivity contribution in [1.82, 2.24) is 19.8 Å². The van der Waals surface area contributed by atoms with Crippen LogP contribution in [0.3, 0.4) is 0 Å². The van der Waals surface area contributed by atoms with Crippen LogP contribution >= 0.6 is 0 Å². The van der Waals surface area contributed by atoms with Gasteiger partial charge in [0.25, 0.3) is 5.91 Å². The molecule has 9 heteroatoms. The highest BCUT2D eigenvalue weighted by atomic mass is 28.3. The maximum atomic E-state index is 12.9. The van der Waals surface area contributed by atoms with Gasteiger partial charge in [-0.2, -0.15) is 10.2 Å². The zero-order chi connectivity index (χ0) is 28.0. The van der Waals surface area contributed by atoms with E-state index >= 15 is 0 Å². The third-order valence-corrected chi connectivity index (χ3v) is 8.27. The quantitative estimate of drug-likeness (QED) is 0.105. The van der Waals surface area contributed by atoms with Crippen LogP contribution in [0.15, 0.2) is 72.1 Å². The Morgan fingerprint density at radius 3 is 2.73 bits per heavy atom. The summed E-state index contributed by atoms with van der Waals surface area (Å²) in [6, 6.07) is 18.5. The zero-order valence-corrected chi connectivity index (χ0v) is 24.4. The van der Waals surface area contributed by atoms with Gasteiger partial charge >= 0.3 is 0 Å². The fourth-order valence-corrected chi connectivity index (χ4v) is 4.87. The molecule has 40 heavy (non-hydrogen) atoms. The molecule has 0 bridgehead atoms. The molecule has 0 atom stereocenters. The number of rotatable bonds is 11. The molecular formula is C31H36N6O2Si. The zero-order valence-electron chi connectivity index (χ0n) is 23.4. The van der Waals surface area contributed by atoms with Crippen LogP contribution in [0.5, 0.6) is 0 Å². The molecule has 8 nitrogen and oxygen atoms in total. The molecule has 4 aromatic rings. The lowest BCUT2D eigenvalue weighted by Gasteiger charge is -2.15. The Labute approximate surface area is 236 Å². The molecule has 1 aliphatic carbocycles. The molecule has 0 unspecified atom stereocenters. The van der Waals surface area contributed by atoms with E-state index in [4.69, 9.17) is 9.84 Å². The van der Waals surface area contributed by atoms with Gasteiger partial charge < -0.3 is 15.4 Å².